The monoisotopic (exact) mass is 465 g/mol. The predicted octanol–water partition coefficient (Wildman–Crippen LogP) is 2.29. The third-order valence-electron chi connectivity index (χ3n) is 4.14. The molecule has 0 unspecified atom stereocenters. The van der Waals surface area contributed by atoms with Crippen LogP contribution in [0.25, 0.3) is 0 Å². The van der Waals surface area contributed by atoms with Crippen LogP contribution in [-0.4, -0.2) is 39.2 Å². The average molecular weight is 466 g/mol. The van der Waals surface area contributed by atoms with Crippen LogP contribution in [0.3, 0.4) is 0 Å². The molecule has 0 saturated carbocycles. The van der Waals surface area contributed by atoms with Gasteiger partial charge in [-0.3, -0.25) is 24.3 Å². The molecule has 0 saturated heterocycles. The van der Waals surface area contributed by atoms with E-state index < -0.39 is 20.9 Å². The largest absolute Gasteiger partial charge is 0.324 e. The molecule has 0 aliphatic heterocycles. The Bertz CT molecular complexity index is 1240. The fourth-order valence-corrected chi connectivity index (χ4v) is 3.82. The minimum atomic E-state index is -3.92. The summed E-state index contributed by atoms with van der Waals surface area (Å²) in [5.74, 6) is -0.480. The molecule has 0 fully saturated rings. The van der Waals surface area contributed by atoms with Gasteiger partial charge in [0.25, 0.3) is 10.0 Å². The molecule has 0 bridgehead atoms. The Morgan fingerprint density at radius 1 is 1.16 bits per heavy atom. The number of aryl methyl sites for hydroxylation is 1. The van der Waals surface area contributed by atoms with Crippen LogP contribution in [-0.2, 0) is 21.4 Å². The van der Waals surface area contributed by atoms with Crippen LogP contribution in [0.1, 0.15) is 11.4 Å². The number of aromatic nitrogens is 4. The van der Waals surface area contributed by atoms with Crippen LogP contribution in [0.15, 0.2) is 41.3 Å². The summed E-state index contributed by atoms with van der Waals surface area (Å²) in [5.41, 5.74) is 0.671. The van der Waals surface area contributed by atoms with Crippen molar-refractivity contribution in [3.05, 3.63) is 63.1 Å². The Labute approximate surface area is 181 Å². The fraction of sp³-hybridized carbons (Fsp3) is 0.176. The SMILES string of the molecule is Cc1nn(CC(=O)Nc2ccc(S(=O)(=O)Nc3ccc(Cl)nn3)cc2)c(C)c1[N+](=O)[O-]. The molecule has 0 atom stereocenters. The molecule has 2 N–H and O–H groups in total. The number of hydrogen-bond donors (Lipinski definition) is 2. The second-order valence-corrected chi connectivity index (χ2v) is 8.42. The summed E-state index contributed by atoms with van der Waals surface area (Å²) in [5, 5.41) is 25.0. The molecule has 3 rings (SSSR count). The van der Waals surface area contributed by atoms with E-state index in [0.29, 0.717) is 5.69 Å². The molecule has 31 heavy (non-hydrogen) atoms. The first-order chi connectivity index (χ1) is 14.6. The van der Waals surface area contributed by atoms with Gasteiger partial charge < -0.3 is 5.32 Å². The molecule has 12 nitrogen and oxygen atoms in total. The number of nitrogens with zero attached hydrogens (tertiary/aromatic N) is 5. The second-order valence-electron chi connectivity index (χ2n) is 6.35. The zero-order chi connectivity index (χ0) is 22.8. The summed E-state index contributed by atoms with van der Waals surface area (Å²) in [6.45, 7) is 2.75. The van der Waals surface area contributed by atoms with Crippen molar-refractivity contribution in [2.24, 2.45) is 0 Å². The van der Waals surface area contributed by atoms with E-state index in [4.69, 9.17) is 11.6 Å². The summed E-state index contributed by atoms with van der Waals surface area (Å²) in [4.78, 5) is 22.7. The highest BCUT2D eigenvalue weighted by Crippen LogP contribution is 2.22. The molecule has 14 heteroatoms. The number of benzene rings is 1. The summed E-state index contributed by atoms with van der Waals surface area (Å²) in [6.07, 6.45) is 0. The first-order valence-corrected chi connectivity index (χ1v) is 10.5. The van der Waals surface area contributed by atoms with Crippen LogP contribution < -0.4 is 10.0 Å². The Balaban J connectivity index is 1.67. The van der Waals surface area contributed by atoms with E-state index >= 15 is 0 Å². The number of nitro groups is 1. The molecule has 1 amide bonds. The van der Waals surface area contributed by atoms with Gasteiger partial charge in [0.15, 0.2) is 11.0 Å². The quantitative estimate of drug-likeness (QED) is 0.396. The van der Waals surface area contributed by atoms with E-state index in [9.17, 15) is 23.3 Å². The van der Waals surface area contributed by atoms with Crippen LogP contribution >= 0.6 is 11.6 Å². The number of anilines is 2. The van der Waals surface area contributed by atoms with Gasteiger partial charge >= 0.3 is 5.69 Å². The topological polar surface area (TPSA) is 162 Å². The van der Waals surface area contributed by atoms with E-state index in [2.05, 4.69) is 25.3 Å². The van der Waals surface area contributed by atoms with Crippen LogP contribution in [0.2, 0.25) is 5.15 Å². The lowest BCUT2D eigenvalue weighted by Crippen LogP contribution is -2.20. The van der Waals surface area contributed by atoms with E-state index in [1.807, 2.05) is 0 Å². The molecular formula is C17H16ClN7O5S. The first kappa shape index (κ1) is 22.1. The van der Waals surface area contributed by atoms with Gasteiger partial charge in [-0.25, -0.2) is 8.42 Å². The number of nitrogens with one attached hydrogen (secondary N) is 2. The number of rotatable bonds is 7. The minimum Gasteiger partial charge on any atom is -0.324 e. The van der Waals surface area contributed by atoms with Crippen molar-refractivity contribution < 1.29 is 18.1 Å². The number of hydrogen-bond acceptors (Lipinski definition) is 8. The third kappa shape index (κ3) is 5.13. The predicted molar refractivity (Wildman–Crippen MR) is 111 cm³/mol. The number of amides is 1. The van der Waals surface area contributed by atoms with Crippen molar-refractivity contribution in [3.8, 4) is 0 Å². The Morgan fingerprint density at radius 2 is 1.84 bits per heavy atom. The number of halogens is 1. The molecule has 0 aliphatic rings. The van der Waals surface area contributed by atoms with Gasteiger partial charge in [-0.05, 0) is 50.2 Å². The maximum absolute atomic E-state index is 12.4. The van der Waals surface area contributed by atoms with Gasteiger partial charge in [0.05, 0.1) is 9.82 Å². The standard InChI is InChI=1S/C17H16ClN7O5S/c1-10-17(25(27)28)11(2)24(22-10)9-16(26)19-12-3-5-13(6-4-12)31(29,30)23-15-8-7-14(18)20-21-15/h3-8H,9H2,1-2H3,(H,19,26)(H,21,23). The van der Waals surface area contributed by atoms with Crippen molar-refractivity contribution in [2.45, 2.75) is 25.3 Å². The van der Waals surface area contributed by atoms with Gasteiger partial charge in [0, 0.05) is 5.69 Å². The Kier molecular flexibility index (Phi) is 6.17. The maximum Gasteiger partial charge on any atom is 0.312 e. The first-order valence-electron chi connectivity index (χ1n) is 8.67. The summed E-state index contributed by atoms with van der Waals surface area (Å²) in [7, 11) is -3.92. The van der Waals surface area contributed by atoms with E-state index in [-0.39, 0.29) is 39.5 Å². The summed E-state index contributed by atoms with van der Waals surface area (Å²) < 4.78 is 28.3. The molecule has 2 aromatic heterocycles. The van der Waals surface area contributed by atoms with Crippen LogP contribution in [0.4, 0.5) is 17.2 Å². The van der Waals surface area contributed by atoms with Crippen molar-refractivity contribution in [3.63, 3.8) is 0 Å². The van der Waals surface area contributed by atoms with Gasteiger partial charge in [-0.2, -0.15) is 5.10 Å². The molecule has 3 aromatic rings. The normalized spacial score (nSPS) is 11.2. The maximum atomic E-state index is 12.4. The van der Waals surface area contributed by atoms with E-state index in [1.165, 1.54) is 54.9 Å². The lowest BCUT2D eigenvalue weighted by Gasteiger charge is -2.09. The molecule has 0 radical (unpaired) electrons. The van der Waals surface area contributed by atoms with E-state index in [1.54, 1.807) is 0 Å². The zero-order valence-corrected chi connectivity index (χ0v) is 17.8. The smallest absolute Gasteiger partial charge is 0.312 e. The lowest BCUT2D eigenvalue weighted by atomic mass is 10.3. The minimum absolute atomic E-state index is 0.000702. The highest BCUT2D eigenvalue weighted by atomic mass is 35.5. The molecule has 1 aromatic carbocycles. The third-order valence-corrected chi connectivity index (χ3v) is 5.71. The highest BCUT2D eigenvalue weighted by molar-refractivity contribution is 7.92. The van der Waals surface area contributed by atoms with Crippen molar-refractivity contribution in [1.29, 1.82) is 0 Å². The zero-order valence-electron chi connectivity index (χ0n) is 16.2. The van der Waals surface area contributed by atoms with Crippen LogP contribution in [0, 0.1) is 24.0 Å². The Hall–Kier alpha value is -3.58. The van der Waals surface area contributed by atoms with Gasteiger partial charge in [-0.15, -0.1) is 10.2 Å². The molecule has 0 spiro atoms. The van der Waals surface area contributed by atoms with E-state index in [0.717, 1.165) is 0 Å². The Morgan fingerprint density at radius 3 is 2.39 bits per heavy atom. The molecule has 162 valence electrons. The van der Waals surface area contributed by atoms with Gasteiger partial charge in [0.1, 0.15) is 17.9 Å². The highest BCUT2D eigenvalue weighted by Gasteiger charge is 2.23. The second kappa shape index (κ2) is 8.65. The fourth-order valence-electron chi connectivity index (χ4n) is 2.73. The van der Waals surface area contributed by atoms with Gasteiger partial charge in [-0.1, -0.05) is 11.6 Å². The molecule has 2 heterocycles. The number of carbonyl (C=O) groups is 1. The van der Waals surface area contributed by atoms with Crippen molar-refractivity contribution in [1.82, 2.24) is 20.0 Å². The molecule has 0 aliphatic carbocycles. The molecular weight excluding hydrogens is 450 g/mol. The number of sulfonamides is 1. The van der Waals surface area contributed by atoms with Crippen molar-refractivity contribution in [2.75, 3.05) is 10.0 Å². The van der Waals surface area contributed by atoms with Crippen LogP contribution in [0.5, 0.6) is 0 Å². The van der Waals surface area contributed by atoms with Gasteiger partial charge in [0.2, 0.25) is 5.91 Å². The number of carbonyl (C=O) groups excluding carboxylic acids is 1. The van der Waals surface area contributed by atoms with Crippen molar-refractivity contribution >= 4 is 44.7 Å². The summed E-state index contributed by atoms with van der Waals surface area (Å²) >= 11 is 5.62. The average Bonchev–Trinajstić information content (AvgIpc) is 2.97. The summed E-state index contributed by atoms with van der Waals surface area (Å²) in [6, 6.07) is 8.17. The lowest BCUT2D eigenvalue weighted by molar-refractivity contribution is -0.386.